The maximum atomic E-state index is 13.1. The van der Waals surface area contributed by atoms with Gasteiger partial charge in [0.1, 0.15) is 12.2 Å². The second-order valence-electron chi connectivity index (χ2n) is 7.44. The van der Waals surface area contributed by atoms with E-state index >= 15 is 0 Å². The summed E-state index contributed by atoms with van der Waals surface area (Å²) in [5.41, 5.74) is 11.6. The smallest absolute Gasteiger partial charge is 0.244 e. The first kappa shape index (κ1) is 20.6. The van der Waals surface area contributed by atoms with Gasteiger partial charge in [0.05, 0.1) is 0 Å². The number of hydrogen-bond acceptors (Lipinski definition) is 7. The predicted molar refractivity (Wildman–Crippen MR) is 117 cm³/mol. The molecule has 0 spiro atoms. The lowest BCUT2D eigenvalue weighted by Crippen LogP contribution is -2.57. The molecule has 2 aromatic rings. The molecule has 1 amide bonds. The average Bonchev–Trinajstić information content (AvgIpc) is 3.23. The number of benzene rings is 2. The lowest BCUT2D eigenvalue weighted by atomic mass is 10.1. The molecule has 30 heavy (non-hydrogen) atoms. The summed E-state index contributed by atoms with van der Waals surface area (Å²) < 4.78 is 0. The topological polar surface area (TPSA) is 88.7 Å². The largest absolute Gasteiger partial charge is 0.368 e. The number of nitrogens with one attached hydrogen (secondary N) is 4. The van der Waals surface area contributed by atoms with Gasteiger partial charge in [-0.25, -0.2) is 10.9 Å². The Morgan fingerprint density at radius 2 is 1.63 bits per heavy atom. The van der Waals surface area contributed by atoms with Gasteiger partial charge < -0.3 is 15.1 Å². The number of nitrogens with zero attached hydrogens (tertiary/aromatic N) is 2. The van der Waals surface area contributed by atoms with Gasteiger partial charge in [0.15, 0.2) is 5.78 Å². The molecule has 4 N–H and O–H groups in total. The first-order valence-corrected chi connectivity index (χ1v) is 10.3. The fourth-order valence-corrected chi connectivity index (χ4v) is 3.83. The summed E-state index contributed by atoms with van der Waals surface area (Å²) >= 11 is 5.94. The van der Waals surface area contributed by atoms with E-state index in [0.717, 1.165) is 24.5 Å². The molecule has 8 nitrogen and oxygen atoms in total. The van der Waals surface area contributed by atoms with Crippen LogP contribution in [0.25, 0.3) is 0 Å². The van der Waals surface area contributed by atoms with E-state index in [1.807, 2.05) is 41.3 Å². The number of carbonyl (C=O) groups excluding carboxylic acids is 2. The van der Waals surface area contributed by atoms with Crippen LogP contribution in [0.2, 0.25) is 5.02 Å². The second-order valence-corrected chi connectivity index (χ2v) is 7.87. The molecule has 2 aromatic carbocycles. The summed E-state index contributed by atoms with van der Waals surface area (Å²) in [7, 11) is 0. The fraction of sp³-hybridized carbons (Fsp3) is 0.333. The van der Waals surface area contributed by atoms with E-state index in [9.17, 15) is 9.59 Å². The Bertz CT molecular complexity index is 897. The van der Waals surface area contributed by atoms with Crippen LogP contribution in [0.1, 0.15) is 17.3 Å². The summed E-state index contributed by atoms with van der Waals surface area (Å²) in [6.45, 7) is 4.33. The van der Waals surface area contributed by atoms with Crippen LogP contribution in [-0.4, -0.2) is 55.0 Å². The third kappa shape index (κ3) is 4.57. The maximum absolute atomic E-state index is 13.1. The van der Waals surface area contributed by atoms with Crippen molar-refractivity contribution < 1.29 is 9.59 Å². The number of ketones is 1. The number of hydrogen-bond donors (Lipinski definition) is 4. The Labute approximate surface area is 180 Å². The summed E-state index contributed by atoms with van der Waals surface area (Å²) in [5, 5.41) is 3.97. The van der Waals surface area contributed by atoms with Gasteiger partial charge in [0.2, 0.25) is 5.91 Å². The Morgan fingerprint density at radius 1 is 0.967 bits per heavy atom. The highest BCUT2D eigenvalue weighted by molar-refractivity contribution is 6.30. The molecular formula is C21H25ClN6O2. The minimum Gasteiger partial charge on any atom is -0.368 e. The predicted octanol–water partition coefficient (Wildman–Crippen LogP) is 1.61. The number of anilines is 2. The van der Waals surface area contributed by atoms with E-state index in [-0.39, 0.29) is 17.9 Å². The van der Waals surface area contributed by atoms with E-state index in [2.05, 4.69) is 26.6 Å². The highest BCUT2D eigenvalue weighted by Gasteiger charge is 2.36. The molecule has 2 fully saturated rings. The van der Waals surface area contributed by atoms with Crippen molar-refractivity contribution in [3.63, 3.8) is 0 Å². The molecule has 2 unspecified atom stereocenters. The summed E-state index contributed by atoms with van der Waals surface area (Å²) in [4.78, 5) is 28.6. The van der Waals surface area contributed by atoms with Gasteiger partial charge in [-0.2, -0.15) is 5.53 Å². The molecule has 4 rings (SSSR count). The maximum Gasteiger partial charge on any atom is 0.244 e. The number of carbonyl (C=O) groups is 2. The zero-order valence-corrected chi connectivity index (χ0v) is 17.4. The SMILES string of the molecule is CC(=O)c1ccc(N2CCN(C(=O)C3NNNC3Nc3ccc(Cl)cc3)CC2)cc1. The van der Waals surface area contributed by atoms with Gasteiger partial charge in [-0.05, 0) is 55.5 Å². The molecule has 2 aliphatic heterocycles. The van der Waals surface area contributed by atoms with Crippen LogP contribution in [0, 0.1) is 0 Å². The van der Waals surface area contributed by atoms with E-state index in [4.69, 9.17) is 11.6 Å². The molecule has 158 valence electrons. The van der Waals surface area contributed by atoms with E-state index in [0.29, 0.717) is 23.7 Å². The highest BCUT2D eigenvalue weighted by Crippen LogP contribution is 2.19. The molecule has 0 bridgehead atoms. The Kier molecular flexibility index (Phi) is 6.19. The van der Waals surface area contributed by atoms with Gasteiger partial charge >= 0.3 is 0 Å². The minimum atomic E-state index is -0.443. The van der Waals surface area contributed by atoms with Crippen LogP contribution >= 0.6 is 11.6 Å². The molecule has 2 heterocycles. The summed E-state index contributed by atoms with van der Waals surface area (Å²) in [5.74, 6) is 0.0931. The van der Waals surface area contributed by atoms with Gasteiger partial charge in [-0.15, -0.1) is 0 Å². The van der Waals surface area contributed by atoms with Crippen molar-refractivity contribution in [3.8, 4) is 0 Å². The zero-order chi connectivity index (χ0) is 21.1. The Hall–Kier alpha value is -2.65. The van der Waals surface area contributed by atoms with E-state index in [1.54, 1.807) is 19.1 Å². The van der Waals surface area contributed by atoms with E-state index < -0.39 is 6.04 Å². The monoisotopic (exact) mass is 428 g/mol. The summed E-state index contributed by atoms with van der Waals surface area (Å²) in [6, 6.07) is 14.5. The van der Waals surface area contributed by atoms with Crippen molar-refractivity contribution in [3.05, 3.63) is 59.1 Å². The van der Waals surface area contributed by atoms with Crippen LogP contribution in [0.3, 0.4) is 0 Å². The van der Waals surface area contributed by atoms with Crippen molar-refractivity contribution in [1.82, 2.24) is 21.3 Å². The molecule has 2 aliphatic rings. The van der Waals surface area contributed by atoms with Crippen molar-refractivity contribution in [2.45, 2.75) is 19.1 Å². The quantitative estimate of drug-likeness (QED) is 0.538. The Morgan fingerprint density at radius 3 is 2.27 bits per heavy atom. The van der Waals surface area contributed by atoms with Crippen molar-refractivity contribution >= 4 is 34.7 Å². The van der Waals surface area contributed by atoms with Crippen molar-refractivity contribution in [1.29, 1.82) is 0 Å². The first-order valence-electron chi connectivity index (χ1n) is 9.94. The lowest BCUT2D eigenvalue weighted by Gasteiger charge is -2.37. The first-order chi connectivity index (χ1) is 14.5. The molecular weight excluding hydrogens is 404 g/mol. The molecule has 2 atom stereocenters. The molecule has 0 aliphatic carbocycles. The number of Topliss-reactive ketones (excluding diaryl/α,β-unsaturated/α-hetero) is 1. The van der Waals surface area contributed by atoms with Gasteiger partial charge in [0.25, 0.3) is 0 Å². The number of piperazine rings is 1. The van der Waals surface area contributed by atoms with E-state index in [1.165, 1.54) is 0 Å². The van der Waals surface area contributed by atoms with Crippen LogP contribution < -0.4 is 26.6 Å². The van der Waals surface area contributed by atoms with Gasteiger partial charge in [0, 0.05) is 48.1 Å². The number of amides is 1. The zero-order valence-electron chi connectivity index (χ0n) is 16.7. The number of rotatable bonds is 5. The third-order valence-corrected chi connectivity index (χ3v) is 5.70. The average molecular weight is 429 g/mol. The van der Waals surface area contributed by atoms with Crippen molar-refractivity contribution in [2.24, 2.45) is 0 Å². The van der Waals surface area contributed by atoms with Crippen LogP contribution in [-0.2, 0) is 4.79 Å². The second kappa shape index (κ2) is 9.01. The lowest BCUT2D eigenvalue weighted by molar-refractivity contribution is -0.133. The summed E-state index contributed by atoms with van der Waals surface area (Å²) in [6.07, 6.45) is -0.296. The van der Waals surface area contributed by atoms with Crippen LogP contribution in [0.5, 0.6) is 0 Å². The number of halogens is 1. The molecule has 0 saturated carbocycles. The molecule has 0 radical (unpaired) electrons. The standard InChI is InChI=1S/C21H25ClN6O2/c1-14(29)15-2-8-18(9-3-15)27-10-12-28(13-11-27)21(30)19-20(25-26-24-19)23-17-6-4-16(22)5-7-17/h2-9,19-20,23-26H,10-13H2,1H3. The van der Waals surface area contributed by atoms with Crippen LogP contribution in [0.15, 0.2) is 48.5 Å². The molecule has 0 aromatic heterocycles. The van der Waals surface area contributed by atoms with Crippen LogP contribution in [0.4, 0.5) is 11.4 Å². The highest BCUT2D eigenvalue weighted by atomic mass is 35.5. The van der Waals surface area contributed by atoms with Gasteiger partial charge in [-0.1, -0.05) is 11.6 Å². The Balaban J connectivity index is 1.34. The molecule has 2 saturated heterocycles. The van der Waals surface area contributed by atoms with Crippen molar-refractivity contribution in [2.75, 3.05) is 36.4 Å². The fourth-order valence-electron chi connectivity index (χ4n) is 3.70. The number of hydrazine groups is 2. The normalized spacial score (nSPS) is 21.5. The minimum absolute atomic E-state index is 0.0329. The third-order valence-electron chi connectivity index (χ3n) is 5.45. The molecule has 9 heteroatoms. The van der Waals surface area contributed by atoms with Gasteiger partial charge in [-0.3, -0.25) is 9.59 Å².